The van der Waals surface area contributed by atoms with Crippen LogP contribution in [-0.2, 0) is 0 Å². The summed E-state index contributed by atoms with van der Waals surface area (Å²) in [5.41, 5.74) is 6.07. The van der Waals surface area contributed by atoms with Crippen LogP contribution in [0.2, 0.25) is 0 Å². The van der Waals surface area contributed by atoms with Crippen LogP contribution in [0.15, 0.2) is 0 Å². The summed E-state index contributed by atoms with van der Waals surface area (Å²) < 4.78 is 0. The highest BCUT2D eigenvalue weighted by Crippen LogP contribution is 2.22. The summed E-state index contributed by atoms with van der Waals surface area (Å²) in [6.07, 6.45) is 3.92. The Morgan fingerprint density at radius 2 is 1.85 bits per heavy atom. The average Bonchev–Trinajstić information content (AvgIpc) is 2.08. The lowest BCUT2D eigenvalue weighted by Gasteiger charge is -2.31. The topological polar surface area (TPSA) is 29.3 Å². The molecule has 13 heavy (non-hydrogen) atoms. The number of nitrogens with zero attached hydrogens (tertiary/aromatic N) is 1. The highest BCUT2D eigenvalue weighted by molar-refractivity contribution is 4.76. The fourth-order valence-electron chi connectivity index (χ4n) is 1.95. The van der Waals surface area contributed by atoms with Gasteiger partial charge < -0.3 is 10.6 Å². The zero-order valence-corrected chi connectivity index (χ0v) is 9.29. The summed E-state index contributed by atoms with van der Waals surface area (Å²) in [5, 5.41) is 0. The molecule has 1 saturated heterocycles. The van der Waals surface area contributed by atoms with Gasteiger partial charge in [-0.2, -0.15) is 0 Å². The van der Waals surface area contributed by atoms with Crippen molar-refractivity contribution in [1.82, 2.24) is 4.90 Å². The molecule has 1 atom stereocenters. The molecule has 2 N–H and O–H groups in total. The lowest BCUT2D eigenvalue weighted by Crippen LogP contribution is -2.35. The monoisotopic (exact) mass is 184 g/mol. The first-order valence-corrected chi connectivity index (χ1v) is 5.53. The molecule has 0 aliphatic carbocycles. The average molecular weight is 184 g/mol. The standard InChI is InChI=1S/C11H24N2/c1-9(2)11(12)8-10-4-6-13(3)7-5-10/h9-11H,4-8,12H2,1-3H3. The molecular formula is C11H24N2. The Bertz CT molecular complexity index is 137. The molecule has 1 aliphatic heterocycles. The Balaban J connectivity index is 2.22. The Morgan fingerprint density at radius 3 is 2.31 bits per heavy atom. The van der Waals surface area contributed by atoms with E-state index in [-0.39, 0.29) is 0 Å². The minimum atomic E-state index is 0.411. The maximum absolute atomic E-state index is 6.07. The van der Waals surface area contributed by atoms with E-state index in [1.165, 1.54) is 32.4 Å². The summed E-state index contributed by atoms with van der Waals surface area (Å²) in [4.78, 5) is 2.41. The Hall–Kier alpha value is -0.0800. The van der Waals surface area contributed by atoms with Gasteiger partial charge >= 0.3 is 0 Å². The third kappa shape index (κ3) is 3.65. The molecule has 0 aromatic rings. The Morgan fingerprint density at radius 1 is 1.31 bits per heavy atom. The molecule has 1 rings (SSSR count). The quantitative estimate of drug-likeness (QED) is 0.723. The number of hydrogen-bond donors (Lipinski definition) is 1. The van der Waals surface area contributed by atoms with Crippen molar-refractivity contribution in [3.8, 4) is 0 Å². The van der Waals surface area contributed by atoms with E-state index in [2.05, 4.69) is 25.8 Å². The van der Waals surface area contributed by atoms with Gasteiger partial charge in [0.15, 0.2) is 0 Å². The van der Waals surface area contributed by atoms with Crippen LogP contribution in [0, 0.1) is 11.8 Å². The van der Waals surface area contributed by atoms with E-state index in [1.54, 1.807) is 0 Å². The summed E-state index contributed by atoms with van der Waals surface area (Å²) in [6.45, 7) is 6.96. The van der Waals surface area contributed by atoms with Crippen LogP contribution in [0.3, 0.4) is 0 Å². The molecule has 1 aliphatic rings. The molecular weight excluding hydrogens is 160 g/mol. The number of likely N-dealkylation sites (tertiary alicyclic amines) is 1. The van der Waals surface area contributed by atoms with Crippen molar-refractivity contribution >= 4 is 0 Å². The van der Waals surface area contributed by atoms with Gasteiger partial charge in [-0.1, -0.05) is 13.8 Å². The third-order valence-electron chi connectivity index (χ3n) is 3.30. The third-order valence-corrected chi connectivity index (χ3v) is 3.30. The van der Waals surface area contributed by atoms with E-state index in [4.69, 9.17) is 5.73 Å². The van der Waals surface area contributed by atoms with E-state index in [0.29, 0.717) is 12.0 Å². The summed E-state index contributed by atoms with van der Waals surface area (Å²) in [7, 11) is 2.21. The molecule has 0 aromatic carbocycles. The molecule has 0 aromatic heterocycles. The number of nitrogens with two attached hydrogens (primary N) is 1. The molecule has 1 unspecified atom stereocenters. The van der Waals surface area contributed by atoms with Crippen molar-refractivity contribution in [3.05, 3.63) is 0 Å². The fraction of sp³-hybridized carbons (Fsp3) is 1.00. The summed E-state index contributed by atoms with van der Waals surface area (Å²) in [6, 6.07) is 0.411. The molecule has 1 heterocycles. The van der Waals surface area contributed by atoms with Crippen LogP contribution in [0.1, 0.15) is 33.1 Å². The van der Waals surface area contributed by atoms with Gasteiger partial charge in [-0.3, -0.25) is 0 Å². The van der Waals surface area contributed by atoms with Crippen molar-refractivity contribution in [3.63, 3.8) is 0 Å². The van der Waals surface area contributed by atoms with Gasteiger partial charge in [0.05, 0.1) is 0 Å². The predicted octanol–water partition coefficient (Wildman–Crippen LogP) is 1.70. The van der Waals surface area contributed by atoms with Gasteiger partial charge in [-0.25, -0.2) is 0 Å². The molecule has 2 nitrogen and oxygen atoms in total. The fourth-order valence-corrected chi connectivity index (χ4v) is 1.95. The lowest BCUT2D eigenvalue weighted by atomic mass is 9.87. The van der Waals surface area contributed by atoms with E-state index >= 15 is 0 Å². The highest BCUT2D eigenvalue weighted by atomic mass is 15.1. The van der Waals surface area contributed by atoms with E-state index in [9.17, 15) is 0 Å². The second-order valence-corrected chi connectivity index (χ2v) is 4.89. The zero-order valence-electron chi connectivity index (χ0n) is 9.29. The van der Waals surface area contributed by atoms with Gasteiger partial charge in [-0.15, -0.1) is 0 Å². The van der Waals surface area contributed by atoms with Gasteiger partial charge in [0.25, 0.3) is 0 Å². The van der Waals surface area contributed by atoms with Crippen LogP contribution in [-0.4, -0.2) is 31.1 Å². The predicted molar refractivity (Wildman–Crippen MR) is 57.7 cm³/mol. The maximum Gasteiger partial charge on any atom is 0.00645 e. The molecule has 0 saturated carbocycles. The first-order chi connectivity index (χ1) is 6.09. The smallest absolute Gasteiger partial charge is 0.00645 e. The summed E-state index contributed by atoms with van der Waals surface area (Å²) in [5.74, 6) is 1.52. The number of hydrogen-bond acceptors (Lipinski definition) is 2. The number of piperidine rings is 1. The van der Waals surface area contributed by atoms with Gasteiger partial charge in [0, 0.05) is 6.04 Å². The normalized spacial score (nSPS) is 23.8. The van der Waals surface area contributed by atoms with Crippen LogP contribution in [0.4, 0.5) is 0 Å². The first-order valence-electron chi connectivity index (χ1n) is 5.53. The molecule has 0 radical (unpaired) electrons. The van der Waals surface area contributed by atoms with Crippen molar-refractivity contribution < 1.29 is 0 Å². The molecule has 0 amide bonds. The van der Waals surface area contributed by atoms with Gasteiger partial charge in [0.1, 0.15) is 0 Å². The summed E-state index contributed by atoms with van der Waals surface area (Å²) >= 11 is 0. The lowest BCUT2D eigenvalue weighted by molar-refractivity contribution is 0.199. The molecule has 2 heteroatoms. The largest absolute Gasteiger partial charge is 0.327 e. The van der Waals surface area contributed by atoms with E-state index in [0.717, 1.165) is 5.92 Å². The Kier molecular flexibility index (Phi) is 4.20. The SMILES string of the molecule is CC(C)C(N)CC1CCN(C)CC1. The second-order valence-electron chi connectivity index (χ2n) is 4.89. The van der Waals surface area contributed by atoms with Crippen LogP contribution >= 0.6 is 0 Å². The second kappa shape index (κ2) is 4.97. The van der Waals surface area contributed by atoms with E-state index < -0.39 is 0 Å². The van der Waals surface area contributed by atoms with Crippen molar-refractivity contribution in [2.75, 3.05) is 20.1 Å². The van der Waals surface area contributed by atoms with Crippen molar-refractivity contribution in [2.24, 2.45) is 17.6 Å². The molecule has 0 spiro atoms. The van der Waals surface area contributed by atoms with E-state index in [1.807, 2.05) is 0 Å². The van der Waals surface area contributed by atoms with Crippen LogP contribution in [0.25, 0.3) is 0 Å². The van der Waals surface area contributed by atoms with Gasteiger partial charge in [0.2, 0.25) is 0 Å². The zero-order chi connectivity index (χ0) is 9.84. The van der Waals surface area contributed by atoms with Gasteiger partial charge in [-0.05, 0) is 51.2 Å². The minimum Gasteiger partial charge on any atom is -0.327 e. The minimum absolute atomic E-state index is 0.411. The van der Waals surface area contributed by atoms with Crippen LogP contribution < -0.4 is 5.73 Å². The van der Waals surface area contributed by atoms with Crippen molar-refractivity contribution in [1.29, 1.82) is 0 Å². The van der Waals surface area contributed by atoms with Crippen LogP contribution in [0.5, 0.6) is 0 Å². The van der Waals surface area contributed by atoms with Crippen molar-refractivity contribution in [2.45, 2.75) is 39.2 Å². The highest BCUT2D eigenvalue weighted by Gasteiger charge is 2.20. The molecule has 78 valence electrons. The molecule has 1 fully saturated rings. The number of rotatable bonds is 3. The maximum atomic E-state index is 6.07. The Labute approximate surface area is 82.5 Å². The first kappa shape index (κ1) is 11.0. The molecule has 0 bridgehead atoms.